The second-order valence-corrected chi connectivity index (χ2v) is 4.70. The number of nitrogens with zero attached hydrogens (tertiary/aromatic N) is 1. The summed E-state index contributed by atoms with van der Waals surface area (Å²) in [6.45, 7) is 2.06. The lowest BCUT2D eigenvalue weighted by Gasteiger charge is -2.04. The van der Waals surface area contributed by atoms with Crippen molar-refractivity contribution in [2.24, 2.45) is 0 Å². The summed E-state index contributed by atoms with van der Waals surface area (Å²) in [4.78, 5) is 23.0. The Labute approximate surface area is 110 Å². The third-order valence-corrected chi connectivity index (χ3v) is 3.52. The molecule has 4 heteroatoms. The molecule has 1 aromatic carbocycles. The molecular weight excluding hydrogens is 242 g/mol. The van der Waals surface area contributed by atoms with Crippen LogP contribution in [0.1, 0.15) is 39.9 Å². The van der Waals surface area contributed by atoms with Gasteiger partial charge in [-0.3, -0.25) is 14.2 Å². The molecule has 4 nitrogen and oxygen atoms in total. The third-order valence-electron chi connectivity index (χ3n) is 3.52. The summed E-state index contributed by atoms with van der Waals surface area (Å²) < 4.78 is 1.46. The van der Waals surface area contributed by atoms with Gasteiger partial charge in [-0.2, -0.15) is 0 Å². The van der Waals surface area contributed by atoms with Crippen molar-refractivity contribution in [3.63, 3.8) is 0 Å². The van der Waals surface area contributed by atoms with Crippen molar-refractivity contribution in [1.82, 2.24) is 4.57 Å². The first-order valence-corrected chi connectivity index (χ1v) is 6.20. The van der Waals surface area contributed by atoms with Crippen molar-refractivity contribution in [1.29, 1.82) is 0 Å². The van der Waals surface area contributed by atoms with Crippen LogP contribution in [0.5, 0.6) is 0 Å². The zero-order chi connectivity index (χ0) is 13.6. The van der Waals surface area contributed by atoms with Gasteiger partial charge in [0.05, 0.1) is 0 Å². The third kappa shape index (κ3) is 1.85. The Kier molecular flexibility index (Phi) is 2.52. The van der Waals surface area contributed by atoms with Gasteiger partial charge in [-0.15, -0.1) is 0 Å². The summed E-state index contributed by atoms with van der Waals surface area (Å²) in [5, 5.41) is 8.87. The molecule has 0 radical (unpaired) electrons. The number of benzene rings is 1. The van der Waals surface area contributed by atoms with Crippen LogP contribution in [-0.2, 0) is 11.2 Å². The molecule has 0 saturated carbocycles. The Bertz CT molecular complexity index is 646. The molecule has 0 atom stereocenters. The summed E-state index contributed by atoms with van der Waals surface area (Å²) >= 11 is 0. The monoisotopic (exact) mass is 255 g/mol. The number of aryl methyl sites for hydroxylation is 1. The number of fused-ring (bicyclic) bond motifs is 1. The average Bonchev–Trinajstić information content (AvgIpc) is 2.94. The first kappa shape index (κ1) is 11.7. The van der Waals surface area contributed by atoms with Gasteiger partial charge in [0.25, 0.3) is 5.91 Å². The van der Waals surface area contributed by atoms with Gasteiger partial charge in [-0.25, -0.2) is 0 Å². The van der Waals surface area contributed by atoms with E-state index >= 15 is 0 Å². The number of hydrogen-bond donors (Lipinski definition) is 1. The molecule has 3 rings (SSSR count). The lowest BCUT2D eigenvalue weighted by molar-refractivity contribution is -0.136. The predicted molar refractivity (Wildman–Crippen MR) is 69.5 cm³/mol. The molecule has 2 aromatic rings. The van der Waals surface area contributed by atoms with Gasteiger partial charge < -0.3 is 5.11 Å². The SMILES string of the molecule is CCc1ccc(C(=O)n2cc3c(c2)C3C(=O)O)cc1. The Hall–Kier alpha value is -2.36. The highest BCUT2D eigenvalue weighted by atomic mass is 16.4. The molecule has 1 N–H and O–H groups in total. The van der Waals surface area contributed by atoms with Crippen LogP contribution >= 0.6 is 0 Å². The topological polar surface area (TPSA) is 59.3 Å². The molecule has 0 amide bonds. The van der Waals surface area contributed by atoms with Crippen molar-refractivity contribution in [2.45, 2.75) is 19.3 Å². The lowest BCUT2D eigenvalue weighted by atomic mass is 10.1. The van der Waals surface area contributed by atoms with Crippen LogP contribution in [0.15, 0.2) is 36.7 Å². The molecule has 0 fully saturated rings. The first-order chi connectivity index (χ1) is 9.11. The van der Waals surface area contributed by atoms with Crippen LogP contribution in [-0.4, -0.2) is 21.6 Å². The van der Waals surface area contributed by atoms with Gasteiger partial charge in [-0.1, -0.05) is 19.1 Å². The van der Waals surface area contributed by atoms with Crippen molar-refractivity contribution >= 4 is 11.9 Å². The van der Waals surface area contributed by atoms with Crippen molar-refractivity contribution in [3.05, 3.63) is 58.9 Å². The van der Waals surface area contributed by atoms with Gasteiger partial charge in [0.2, 0.25) is 0 Å². The number of carbonyl (C=O) groups is 2. The van der Waals surface area contributed by atoms with Gasteiger partial charge in [-0.05, 0) is 35.2 Å². The van der Waals surface area contributed by atoms with E-state index in [1.165, 1.54) is 10.1 Å². The summed E-state index contributed by atoms with van der Waals surface area (Å²) in [7, 11) is 0. The molecule has 0 unspecified atom stereocenters. The Balaban J connectivity index is 1.81. The Morgan fingerprint density at radius 1 is 1.16 bits per heavy atom. The standard InChI is InChI=1S/C15H13NO3/c1-2-9-3-5-10(6-4-9)14(17)16-7-11-12(8-16)13(11)15(18)19/h3-8,13H,2H2,1H3,(H,18,19). The van der Waals surface area contributed by atoms with Gasteiger partial charge in [0.1, 0.15) is 5.92 Å². The average molecular weight is 255 g/mol. The Morgan fingerprint density at radius 3 is 2.21 bits per heavy atom. The van der Waals surface area contributed by atoms with E-state index in [0.717, 1.165) is 17.5 Å². The number of carboxylic acids is 1. The van der Waals surface area contributed by atoms with Gasteiger partial charge in [0.15, 0.2) is 0 Å². The molecule has 1 aromatic heterocycles. The van der Waals surface area contributed by atoms with E-state index in [9.17, 15) is 9.59 Å². The lowest BCUT2D eigenvalue weighted by Crippen LogP contribution is -2.11. The fraction of sp³-hybridized carbons (Fsp3) is 0.200. The summed E-state index contributed by atoms with van der Waals surface area (Å²) in [6, 6.07) is 7.47. The molecule has 19 heavy (non-hydrogen) atoms. The van der Waals surface area contributed by atoms with Crippen LogP contribution in [0.4, 0.5) is 0 Å². The van der Waals surface area contributed by atoms with Crippen molar-refractivity contribution in [3.8, 4) is 0 Å². The molecule has 0 bridgehead atoms. The zero-order valence-electron chi connectivity index (χ0n) is 10.5. The number of aromatic nitrogens is 1. The highest BCUT2D eigenvalue weighted by Gasteiger charge is 2.41. The second kappa shape index (κ2) is 4.09. The number of aliphatic carboxylic acids is 1. The molecule has 1 heterocycles. The van der Waals surface area contributed by atoms with E-state index in [2.05, 4.69) is 6.92 Å². The molecule has 0 saturated heterocycles. The first-order valence-electron chi connectivity index (χ1n) is 6.20. The molecule has 1 aliphatic carbocycles. The molecule has 96 valence electrons. The van der Waals surface area contributed by atoms with Gasteiger partial charge >= 0.3 is 5.97 Å². The van der Waals surface area contributed by atoms with Crippen LogP contribution in [0.3, 0.4) is 0 Å². The largest absolute Gasteiger partial charge is 0.481 e. The number of rotatable bonds is 3. The van der Waals surface area contributed by atoms with Crippen LogP contribution < -0.4 is 0 Å². The summed E-state index contributed by atoms with van der Waals surface area (Å²) in [5.41, 5.74) is 3.28. The van der Waals surface area contributed by atoms with E-state index in [4.69, 9.17) is 5.11 Å². The second-order valence-electron chi connectivity index (χ2n) is 4.70. The molecule has 0 aliphatic heterocycles. The number of carbonyl (C=O) groups excluding carboxylic acids is 1. The Morgan fingerprint density at radius 2 is 1.74 bits per heavy atom. The molecular formula is C15H13NO3. The zero-order valence-corrected chi connectivity index (χ0v) is 10.5. The normalized spacial score (nSPS) is 13.1. The molecule has 0 spiro atoms. The van der Waals surface area contributed by atoms with Crippen LogP contribution in [0, 0.1) is 0 Å². The summed E-state index contributed by atoms with van der Waals surface area (Å²) in [5.74, 6) is -1.47. The van der Waals surface area contributed by atoms with E-state index in [1.54, 1.807) is 24.5 Å². The van der Waals surface area contributed by atoms with Crippen LogP contribution in [0.2, 0.25) is 0 Å². The minimum absolute atomic E-state index is 0.126. The van der Waals surface area contributed by atoms with E-state index in [1.807, 2.05) is 12.1 Å². The minimum Gasteiger partial charge on any atom is -0.481 e. The van der Waals surface area contributed by atoms with E-state index in [-0.39, 0.29) is 5.91 Å². The molecule has 1 aliphatic rings. The van der Waals surface area contributed by atoms with E-state index < -0.39 is 11.9 Å². The minimum atomic E-state index is -0.850. The van der Waals surface area contributed by atoms with Crippen molar-refractivity contribution in [2.75, 3.05) is 0 Å². The number of hydrogen-bond acceptors (Lipinski definition) is 2. The number of carboxylic acid groups (broad SMARTS) is 1. The predicted octanol–water partition coefficient (Wildman–Crippen LogP) is 2.27. The summed E-state index contributed by atoms with van der Waals surface area (Å²) in [6.07, 6.45) is 4.17. The maximum absolute atomic E-state index is 12.2. The quantitative estimate of drug-likeness (QED) is 0.915. The highest BCUT2D eigenvalue weighted by Crippen LogP contribution is 2.44. The van der Waals surface area contributed by atoms with E-state index in [0.29, 0.717) is 5.56 Å². The maximum atomic E-state index is 12.2. The smallest absolute Gasteiger partial charge is 0.315 e. The highest BCUT2D eigenvalue weighted by molar-refractivity contribution is 5.98. The van der Waals surface area contributed by atoms with Crippen LogP contribution in [0.25, 0.3) is 0 Å². The fourth-order valence-electron chi connectivity index (χ4n) is 2.31. The fourth-order valence-corrected chi connectivity index (χ4v) is 2.31. The van der Waals surface area contributed by atoms with Gasteiger partial charge in [0, 0.05) is 18.0 Å². The maximum Gasteiger partial charge on any atom is 0.315 e. The van der Waals surface area contributed by atoms with Crippen molar-refractivity contribution < 1.29 is 14.7 Å².